The SMILES string of the molecule is Cc1nn(-c2ccccc2)c(C)c1NC(=O)CN1C(=O)NC2(CCc3ccccc32)C1=O. The number of aromatic nitrogens is 2. The molecule has 2 aliphatic rings. The zero-order chi connectivity index (χ0) is 22.5. The molecule has 2 N–H and O–H groups in total. The Bertz CT molecular complexity index is 1250. The second-order valence-electron chi connectivity index (χ2n) is 8.23. The van der Waals surface area contributed by atoms with E-state index in [1.54, 1.807) is 11.6 Å². The summed E-state index contributed by atoms with van der Waals surface area (Å²) in [5, 5.41) is 10.2. The van der Waals surface area contributed by atoms with Crippen molar-refractivity contribution in [3.63, 3.8) is 0 Å². The number of nitrogens with zero attached hydrogens (tertiary/aromatic N) is 3. The minimum absolute atomic E-state index is 0.357. The van der Waals surface area contributed by atoms with Gasteiger partial charge in [-0.15, -0.1) is 0 Å². The normalized spacial score (nSPS) is 19.4. The maximum Gasteiger partial charge on any atom is 0.325 e. The van der Waals surface area contributed by atoms with Crippen LogP contribution in [0.25, 0.3) is 5.69 Å². The molecule has 1 aliphatic heterocycles. The van der Waals surface area contributed by atoms with E-state index < -0.39 is 17.5 Å². The number of para-hydroxylation sites is 1. The van der Waals surface area contributed by atoms with Gasteiger partial charge in [-0.1, -0.05) is 42.5 Å². The Balaban J connectivity index is 1.35. The van der Waals surface area contributed by atoms with E-state index in [1.165, 1.54) is 0 Å². The van der Waals surface area contributed by atoms with Crippen LogP contribution in [0, 0.1) is 13.8 Å². The van der Waals surface area contributed by atoms with Crippen LogP contribution in [-0.2, 0) is 21.5 Å². The predicted octanol–water partition coefficient (Wildman–Crippen LogP) is 2.82. The summed E-state index contributed by atoms with van der Waals surface area (Å²) in [5.74, 6) is -0.827. The topological polar surface area (TPSA) is 96.3 Å². The molecule has 1 saturated heterocycles. The van der Waals surface area contributed by atoms with Crippen LogP contribution in [0.2, 0.25) is 0 Å². The Morgan fingerprint density at radius 3 is 2.59 bits per heavy atom. The highest BCUT2D eigenvalue weighted by Gasteiger charge is 2.55. The fourth-order valence-electron chi connectivity index (χ4n) is 4.70. The summed E-state index contributed by atoms with van der Waals surface area (Å²) in [5.41, 5.74) is 3.66. The molecule has 1 aromatic heterocycles. The maximum absolute atomic E-state index is 13.3. The van der Waals surface area contributed by atoms with Crippen molar-refractivity contribution in [1.82, 2.24) is 20.0 Å². The average molecular weight is 429 g/mol. The van der Waals surface area contributed by atoms with E-state index in [2.05, 4.69) is 15.7 Å². The molecule has 8 nitrogen and oxygen atoms in total. The number of benzene rings is 2. The van der Waals surface area contributed by atoms with Crippen LogP contribution in [0.1, 0.15) is 28.9 Å². The molecule has 1 unspecified atom stereocenters. The number of aryl methyl sites for hydroxylation is 2. The number of imide groups is 1. The van der Waals surface area contributed by atoms with Gasteiger partial charge in [0, 0.05) is 0 Å². The van der Waals surface area contributed by atoms with Gasteiger partial charge in [-0.3, -0.25) is 14.5 Å². The number of hydrogen-bond donors (Lipinski definition) is 2. The molecule has 32 heavy (non-hydrogen) atoms. The van der Waals surface area contributed by atoms with Crippen LogP contribution in [0.5, 0.6) is 0 Å². The zero-order valence-corrected chi connectivity index (χ0v) is 17.9. The van der Waals surface area contributed by atoms with E-state index in [1.807, 2.05) is 61.5 Å². The first-order valence-corrected chi connectivity index (χ1v) is 10.5. The lowest BCUT2D eigenvalue weighted by Gasteiger charge is -2.22. The molecule has 2 heterocycles. The third kappa shape index (κ3) is 2.98. The van der Waals surface area contributed by atoms with Crippen LogP contribution in [0.15, 0.2) is 54.6 Å². The predicted molar refractivity (Wildman–Crippen MR) is 118 cm³/mol. The van der Waals surface area contributed by atoms with Crippen LogP contribution in [-0.4, -0.2) is 39.1 Å². The van der Waals surface area contributed by atoms with Gasteiger partial charge >= 0.3 is 6.03 Å². The minimum Gasteiger partial charge on any atom is -0.321 e. The number of urea groups is 1. The molecule has 3 aromatic rings. The van der Waals surface area contributed by atoms with Crippen molar-refractivity contribution in [2.24, 2.45) is 0 Å². The zero-order valence-electron chi connectivity index (χ0n) is 17.9. The summed E-state index contributed by atoms with van der Waals surface area (Å²) in [6.07, 6.45) is 1.20. The highest BCUT2D eigenvalue weighted by atomic mass is 16.2. The molecule has 1 atom stereocenters. The van der Waals surface area contributed by atoms with Gasteiger partial charge in [-0.25, -0.2) is 9.48 Å². The highest BCUT2D eigenvalue weighted by molar-refractivity contribution is 6.11. The molecule has 1 aliphatic carbocycles. The van der Waals surface area contributed by atoms with Gasteiger partial charge in [-0.2, -0.15) is 5.10 Å². The van der Waals surface area contributed by atoms with E-state index >= 15 is 0 Å². The van der Waals surface area contributed by atoms with Gasteiger partial charge in [0.1, 0.15) is 12.1 Å². The standard InChI is InChI=1S/C24H23N5O3/c1-15-21(16(2)29(27-15)18-9-4-3-5-10-18)25-20(30)14-28-22(31)24(26-23(28)32)13-12-17-8-6-7-11-19(17)24/h3-11H,12-14H2,1-2H3,(H,25,30)(H,26,32). The third-order valence-electron chi connectivity index (χ3n) is 6.28. The fourth-order valence-corrected chi connectivity index (χ4v) is 4.70. The smallest absolute Gasteiger partial charge is 0.321 e. The number of rotatable bonds is 4. The van der Waals surface area contributed by atoms with Crippen LogP contribution < -0.4 is 10.6 Å². The molecule has 162 valence electrons. The Labute approximate surface area is 185 Å². The van der Waals surface area contributed by atoms with Crippen molar-refractivity contribution >= 4 is 23.5 Å². The summed E-state index contributed by atoms with van der Waals surface area (Å²) in [6, 6.07) is 16.7. The van der Waals surface area contributed by atoms with E-state index in [0.29, 0.717) is 24.2 Å². The average Bonchev–Trinajstić information content (AvgIpc) is 3.39. The van der Waals surface area contributed by atoms with Crippen molar-refractivity contribution in [2.75, 3.05) is 11.9 Å². The third-order valence-corrected chi connectivity index (χ3v) is 6.28. The van der Waals surface area contributed by atoms with Gasteiger partial charge in [0.15, 0.2) is 0 Å². The lowest BCUT2D eigenvalue weighted by Crippen LogP contribution is -2.43. The van der Waals surface area contributed by atoms with Gasteiger partial charge in [0.2, 0.25) is 5.91 Å². The lowest BCUT2D eigenvalue weighted by molar-refractivity contribution is -0.134. The van der Waals surface area contributed by atoms with E-state index in [-0.39, 0.29) is 12.5 Å². The second kappa shape index (κ2) is 7.33. The van der Waals surface area contributed by atoms with Gasteiger partial charge in [0.25, 0.3) is 5.91 Å². The summed E-state index contributed by atoms with van der Waals surface area (Å²) in [4.78, 5) is 39.8. The molecular formula is C24H23N5O3. The number of anilines is 1. The van der Waals surface area contributed by atoms with E-state index in [4.69, 9.17) is 0 Å². The summed E-state index contributed by atoms with van der Waals surface area (Å²) in [6.45, 7) is 3.31. The Morgan fingerprint density at radius 2 is 1.81 bits per heavy atom. The van der Waals surface area contributed by atoms with Crippen LogP contribution in [0.4, 0.5) is 10.5 Å². The maximum atomic E-state index is 13.3. The van der Waals surface area contributed by atoms with Crippen molar-refractivity contribution < 1.29 is 14.4 Å². The van der Waals surface area contributed by atoms with Gasteiger partial charge in [-0.05, 0) is 49.9 Å². The minimum atomic E-state index is -1.07. The summed E-state index contributed by atoms with van der Waals surface area (Å²) < 4.78 is 1.75. The molecule has 4 amide bonds. The number of carbonyl (C=O) groups is 3. The summed E-state index contributed by atoms with van der Waals surface area (Å²) >= 11 is 0. The van der Waals surface area contributed by atoms with E-state index in [0.717, 1.165) is 27.4 Å². The monoisotopic (exact) mass is 429 g/mol. The first-order chi connectivity index (χ1) is 15.4. The number of amides is 4. The van der Waals surface area contributed by atoms with Crippen LogP contribution in [0.3, 0.4) is 0 Å². The molecule has 0 radical (unpaired) electrons. The van der Waals surface area contributed by atoms with Gasteiger partial charge in [0.05, 0.1) is 22.8 Å². The molecule has 0 bridgehead atoms. The number of nitrogens with one attached hydrogen (secondary N) is 2. The Morgan fingerprint density at radius 1 is 1.09 bits per heavy atom. The lowest BCUT2D eigenvalue weighted by atomic mass is 9.92. The Kier molecular flexibility index (Phi) is 4.58. The molecule has 1 fully saturated rings. The first kappa shape index (κ1) is 20.0. The quantitative estimate of drug-likeness (QED) is 0.624. The van der Waals surface area contributed by atoms with Crippen molar-refractivity contribution in [3.05, 3.63) is 77.1 Å². The largest absolute Gasteiger partial charge is 0.325 e. The second-order valence-corrected chi connectivity index (χ2v) is 8.23. The van der Waals surface area contributed by atoms with Gasteiger partial charge < -0.3 is 10.6 Å². The molecular weight excluding hydrogens is 406 g/mol. The molecule has 5 rings (SSSR count). The van der Waals surface area contributed by atoms with Crippen LogP contribution >= 0.6 is 0 Å². The number of carbonyl (C=O) groups excluding carboxylic acids is 3. The Hall–Kier alpha value is -3.94. The van der Waals surface area contributed by atoms with Crippen molar-refractivity contribution in [2.45, 2.75) is 32.2 Å². The fraction of sp³-hybridized carbons (Fsp3) is 0.250. The summed E-state index contributed by atoms with van der Waals surface area (Å²) in [7, 11) is 0. The first-order valence-electron chi connectivity index (χ1n) is 10.5. The molecule has 1 spiro atoms. The number of fused-ring (bicyclic) bond motifs is 2. The van der Waals surface area contributed by atoms with Crippen molar-refractivity contribution in [1.29, 1.82) is 0 Å². The number of hydrogen-bond acceptors (Lipinski definition) is 4. The van der Waals surface area contributed by atoms with E-state index in [9.17, 15) is 14.4 Å². The molecule has 2 aromatic carbocycles. The van der Waals surface area contributed by atoms with Crippen molar-refractivity contribution in [3.8, 4) is 5.69 Å². The molecule has 0 saturated carbocycles. The highest BCUT2D eigenvalue weighted by Crippen LogP contribution is 2.41. The molecule has 8 heteroatoms.